The second kappa shape index (κ2) is 34.2. The third kappa shape index (κ3) is 18.1. The Kier molecular flexibility index (Phi) is 28.9. The van der Waals surface area contributed by atoms with Gasteiger partial charge in [-0.2, -0.15) is 0 Å². The summed E-state index contributed by atoms with van der Waals surface area (Å²) < 4.78 is 56.8. The van der Waals surface area contributed by atoms with Crippen LogP contribution in [-0.2, 0) is 76.1 Å². The second-order valence-corrected chi connectivity index (χ2v) is 22.7. The van der Waals surface area contributed by atoms with Gasteiger partial charge in [0.05, 0.1) is 69.5 Å². The van der Waals surface area contributed by atoms with Crippen molar-refractivity contribution >= 4 is 35.6 Å². The van der Waals surface area contributed by atoms with Crippen LogP contribution in [-0.4, -0.2) is 349 Å². The number of carboxylic acid groups (broad SMARTS) is 3. The minimum absolute atomic E-state index is 0.0236. The van der Waals surface area contributed by atoms with Gasteiger partial charge in [0.1, 0.15) is 104 Å². The predicted octanol–water partition coefficient (Wildman–Crippen LogP) is -11.0. The predicted molar refractivity (Wildman–Crippen MR) is 289 cm³/mol. The number of rotatable bonds is 33. The Morgan fingerprint density at radius 2 is 0.967 bits per heavy atom. The molecule has 0 unspecified atom stereocenters. The van der Waals surface area contributed by atoms with E-state index in [0.29, 0.717) is 25.7 Å². The van der Waals surface area contributed by atoms with E-state index in [1.54, 1.807) is 0 Å². The Morgan fingerprint density at radius 3 is 1.38 bits per heavy atom. The summed E-state index contributed by atoms with van der Waals surface area (Å²) in [4.78, 5) is 80.2. The number of aliphatic carboxylic acids is 3. The lowest BCUT2D eigenvalue weighted by Crippen LogP contribution is -2.72. The third-order valence-corrected chi connectivity index (χ3v) is 16.0. The Balaban J connectivity index is 1.46. The molecule has 0 aromatic heterocycles. The molecule has 5 aliphatic heterocycles. The fraction of sp³-hybridized carbons (Fsp3) is 0.882. The number of carbonyl (C=O) groups excluding carboxylic acids is 3. The number of unbranched alkanes of at least 4 members (excludes halogenated alkanes) is 3. The maximum absolute atomic E-state index is 13.5. The van der Waals surface area contributed by atoms with Crippen molar-refractivity contribution in [1.29, 1.82) is 0 Å². The second-order valence-electron chi connectivity index (χ2n) is 22.7. The van der Waals surface area contributed by atoms with Gasteiger partial charge in [-0.1, -0.05) is 18.0 Å². The first-order valence-corrected chi connectivity index (χ1v) is 29.0. The molecule has 0 aromatic rings. The van der Waals surface area contributed by atoms with E-state index < -0.39 is 258 Å². The maximum atomic E-state index is 13.5. The number of hydrogen-bond acceptors (Lipinski definition) is 33. The van der Waals surface area contributed by atoms with Gasteiger partial charge in [-0.3, -0.25) is 14.4 Å². The molecule has 0 saturated carbocycles. The molecule has 0 spiro atoms. The van der Waals surface area contributed by atoms with Crippen molar-refractivity contribution in [3.05, 3.63) is 10.4 Å². The van der Waals surface area contributed by atoms with Crippen LogP contribution in [0.25, 0.3) is 10.4 Å². The third-order valence-electron chi connectivity index (χ3n) is 16.0. The number of nitrogens with one attached hydrogen (secondary N) is 3. The van der Waals surface area contributed by atoms with E-state index in [1.165, 1.54) is 0 Å². The zero-order valence-electron chi connectivity index (χ0n) is 49.7. The van der Waals surface area contributed by atoms with Gasteiger partial charge in [-0.15, -0.1) is 0 Å². The van der Waals surface area contributed by atoms with Crippen molar-refractivity contribution in [2.24, 2.45) is 5.11 Å². The molecular weight excluding hydrogens is 1260 g/mol. The highest BCUT2D eigenvalue weighted by molar-refractivity contribution is 5.78. The number of amides is 3. The van der Waals surface area contributed by atoms with E-state index in [2.05, 4.69) is 26.0 Å². The lowest BCUT2D eigenvalue weighted by molar-refractivity contribution is -0.388. The molecule has 5 heterocycles. The molecule has 41 nitrogen and oxygen atoms in total. The van der Waals surface area contributed by atoms with Crippen LogP contribution in [0.3, 0.4) is 0 Å². The fourth-order valence-electron chi connectivity index (χ4n) is 11.4. The zero-order chi connectivity index (χ0) is 68.9. The minimum Gasteiger partial charge on any atom is -0.477 e. The first kappa shape index (κ1) is 77.8. The monoisotopic (exact) mass is 1340 g/mol. The minimum atomic E-state index is -3.55. The van der Waals surface area contributed by atoms with Crippen LogP contribution in [0.15, 0.2) is 5.11 Å². The number of carboxylic acids is 3. The summed E-state index contributed by atoms with van der Waals surface area (Å²) in [5.74, 6) is -20.1. The van der Waals surface area contributed by atoms with Crippen molar-refractivity contribution in [3.63, 3.8) is 0 Å². The quantitative estimate of drug-likeness (QED) is 0.0126. The van der Waals surface area contributed by atoms with E-state index in [0.717, 1.165) is 20.8 Å². The summed E-state index contributed by atoms with van der Waals surface area (Å²) in [5.41, 5.74) is 8.44. The average molecular weight is 1340 g/mol. The van der Waals surface area contributed by atoms with Gasteiger partial charge in [0.15, 0.2) is 12.6 Å². The van der Waals surface area contributed by atoms with E-state index >= 15 is 0 Å². The topological polar surface area (TPSA) is 664 Å². The molecule has 0 radical (unpaired) electrons. The largest absolute Gasteiger partial charge is 0.477 e. The first-order chi connectivity index (χ1) is 43.3. The van der Waals surface area contributed by atoms with Gasteiger partial charge in [0, 0.05) is 58.1 Å². The Hall–Kier alpha value is -4.91. The highest BCUT2D eigenvalue weighted by atomic mass is 16.8. The smallest absolute Gasteiger partial charge is 0.364 e. The van der Waals surface area contributed by atoms with Crippen molar-refractivity contribution < 1.29 is 173 Å². The summed E-state index contributed by atoms with van der Waals surface area (Å²) >= 11 is 0. The molecule has 5 saturated heterocycles. The fourth-order valence-corrected chi connectivity index (χ4v) is 11.4. The molecule has 5 rings (SSSR count). The number of hydrogen-bond donors (Lipinski definition) is 22. The van der Waals surface area contributed by atoms with Crippen molar-refractivity contribution in [3.8, 4) is 0 Å². The van der Waals surface area contributed by atoms with Gasteiger partial charge >= 0.3 is 17.9 Å². The van der Waals surface area contributed by atoms with E-state index in [4.69, 9.17) is 52.9 Å². The average Bonchev–Trinajstić information content (AvgIpc) is 0.764. The molecule has 0 aromatic carbocycles. The molecule has 0 bridgehead atoms. The van der Waals surface area contributed by atoms with Crippen LogP contribution in [0.4, 0.5) is 0 Å². The first-order valence-electron chi connectivity index (χ1n) is 29.0. The molecule has 3 amide bonds. The molecule has 5 aliphatic rings. The molecule has 528 valence electrons. The van der Waals surface area contributed by atoms with Crippen LogP contribution >= 0.6 is 0 Å². The van der Waals surface area contributed by atoms with E-state index in [9.17, 15) is 126 Å². The van der Waals surface area contributed by atoms with E-state index in [-0.39, 0.29) is 13.2 Å². The SMILES string of the molecule is CC(=O)N[C@H]1[C@H]([C@@H](O)[C@@H](CO)O[C@]2(C(=O)O)C[C@H](O)[C@@H](NC(C)=O)[C@H]([C@@H](O)[C@@H](CO)O[C@]3(C(=O)O)C[C@H](O)[C@@H](NC(C)=O)[C@H]([C@H](O)[C@H](O)CO)O3)O2)O[C@@](O[C@H]2[C@@H](O)[C@@H](CO)O[C@@H](O[C@H]3[C@H](O)[C@@H](O)[C@H](OCCCCCCN=[N+]=[N-])O[C@@H]3CO)[C@@H]2O)(C(=O)O)C[C@@H]1O. The van der Waals surface area contributed by atoms with Crippen LogP contribution < -0.4 is 16.0 Å². The van der Waals surface area contributed by atoms with E-state index in [1.807, 2.05) is 0 Å². The summed E-state index contributed by atoms with van der Waals surface area (Å²) in [6, 6.07) is -5.82. The van der Waals surface area contributed by atoms with Crippen LogP contribution in [0, 0.1) is 0 Å². The zero-order valence-corrected chi connectivity index (χ0v) is 49.7. The molecule has 5 fully saturated rings. The number of nitrogens with zero attached hydrogens (tertiary/aromatic N) is 3. The van der Waals surface area contributed by atoms with Gasteiger partial charge in [0.25, 0.3) is 17.4 Å². The van der Waals surface area contributed by atoms with Crippen LogP contribution in [0.2, 0.25) is 0 Å². The summed E-state index contributed by atoms with van der Waals surface area (Å²) in [6.07, 6.45) is -50.9. The van der Waals surface area contributed by atoms with Crippen LogP contribution in [0.1, 0.15) is 65.7 Å². The Morgan fingerprint density at radius 1 is 0.543 bits per heavy atom. The number of carbonyl (C=O) groups is 6. The number of ether oxygens (including phenoxy) is 10. The van der Waals surface area contributed by atoms with Gasteiger partial charge in [-0.25, -0.2) is 14.4 Å². The van der Waals surface area contributed by atoms with Crippen molar-refractivity contribution in [2.45, 2.75) is 236 Å². The molecule has 22 N–H and O–H groups in total. The Labute approximate surface area is 521 Å². The molecule has 92 heavy (non-hydrogen) atoms. The van der Waals surface area contributed by atoms with Crippen LogP contribution in [0.5, 0.6) is 0 Å². The number of aliphatic hydroxyl groups excluding tert-OH is 16. The lowest BCUT2D eigenvalue weighted by atomic mass is 9.86. The summed E-state index contributed by atoms with van der Waals surface area (Å²) in [6.45, 7) is -3.56. The summed E-state index contributed by atoms with van der Waals surface area (Å²) in [7, 11) is 0. The normalized spacial score (nSPS) is 38.7. The van der Waals surface area contributed by atoms with Crippen molar-refractivity contribution in [2.75, 3.05) is 46.2 Å². The molecule has 41 heteroatoms. The van der Waals surface area contributed by atoms with Gasteiger partial charge in [-0.05, 0) is 18.4 Å². The molecule has 0 aliphatic carbocycles. The Bertz CT molecular complexity index is 2490. The van der Waals surface area contributed by atoms with Gasteiger partial charge < -0.3 is 160 Å². The lowest BCUT2D eigenvalue weighted by Gasteiger charge is -2.51. The highest BCUT2D eigenvalue weighted by Gasteiger charge is 2.64. The standard InChI is InChI=1S/C51H84N6O35/c1-18(63)54-29-21(66)10-49(46(77)78,89-40(29)32(70)24(69)13-58)87-26(15-60)34(72)41-30(55-19(2)64)22(67)11-50(90-41,47(79)80)88-27(16-61)35(73)42-31(56-20(3)65)23(68)12-51(91-42,48(81)82)92-43-33(71)25(14-59)84-45(38(43)76)86-39-28(17-62)85-44(37(75)36(39)74)83-9-7-5-4-6-8-53-57-52/h21-45,58-62,66-76H,4-17H2,1-3H3,(H,54,63)(H,55,64)(H,56,65)(H,77,78)(H,79,80)(H,81,82)/t21-,22-,23-,24+,25+,26+,27+,28+,29+,30+,31+,32+,33-,34-,35-,36+,37+,38+,39+,40+,41+,42+,43-,44+,45-,49+,50+,51-/m0/s1. The van der Waals surface area contributed by atoms with Crippen molar-refractivity contribution in [1.82, 2.24) is 16.0 Å². The highest BCUT2D eigenvalue weighted by Crippen LogP contribution is 2.42. The molecular formula is C51H84N6O35. The molecule has 28 atom stereocenters. The summed E-state index contributed by atoms with van der Waals surface area (Å²) in [5, 5.41) is 220. The number of azide groups is 1. The number of aliphatic hydroxyl groups is 16. The van der Waals surface area contributed by atoms with Gasteiger partial charge in [0.2, 0.25) is 17.7 Å². The maximum Gasteiger partial charge on any atom is 0.364 e.